The highest BCUT2D eigenvalue weighted by Crippen LogP contribution is 2.33. The average molecular weight is 546 g/mol. The second-order valence-electron chi connectivity index (χ2n) is 6.86. The van der Waals surface area contributed by atoms with E-state index in [-0.39, 0.29) is 4.57 Å². The van der Waals surface area contributed by atoms with Crippen LogP contribution in [-0.2, 0) is 38.1 Å². The fraction of sp³-hybridized carbons (Fsp3) is 0.556. The molecule has 1 saturated heterocycles. The van der Waals surface area contributed by atoms with Crippen LogP contribution >= 0.6 is 34.8 Å². The smallest absolute Gasteiger partial charge is 0.425 e. The monoisotopic (exact) mass is 544 g/mol. The number of carbonyl (C=O) groups is 4. The van der Waals surface area contributed by atoms with Crippen molar-refractivity contribution >= 4 is 58.8 Å². The van der Waals surface area contributed by atoms with Gasteiger partial charge in [-0.3, -0.25) is 23.7 Å². The van der Waals surface area contributed by atoms with E-state index >= 15 is 0 Å². The first-order valence-electron chi connectivity index (χ1n) is 9.42. The number of alkyl halides is 3. The van der Waals surface area contributed by atoms with Crippen molar-refractivity contribution in [2.24, 2.45) is 0 Å². The SMILES string of the molecule is CC(=O)OC[C@H]1O[C@@H](n2ccc(=O)n(C(=O)OCC(Cl)(Cl)Cl)c2=O)[C@H](OC(C)=O)[C@@H]1OC(C)=O. The van der Waals surface area contributed by atoms with Crippen LogP contribution in [0, 0.1) is 0 Å². The van der Waals surface area contributed by atoms with Gasteiger partial charge in [0.1, 0.15) is 19.3 Å². The van der Waals surface area contributed by atoms with E-state index in [1.165, 1.54) is 0 Å². The normalized spacial score (nSPS) is 22.1. The minimum atomic E-state index is -2.01. The van der Waals surface area contributed by atoms with Gasteiger partial charge in [-0.2, -0.15) is 4.57 Å². The molecule has 1 fully saturated rings. The first-order chi connectivity index (χ1) is 15.7. The minimum Gasteiger partial charge on any atom is -0.463 e. The molecule has 1 aliphatic rings. The number of hydrogen-bond donors (Lipinski definition) is 0. The third-order valence-electron chi connectivity index (χ3n) is 4.17. The van der Waals surface area contributed by atoms with Gasteiger partial charge in [-0.1, -0.05) is 34.8 Å². The number of ether oxygens (including phenoxy) is 5. The van der Waals surface area contributed by atoms with Crippen LogP contribution < -0.4 is 11.2 Å². The predicted molar refractivity (Wildman–Crippen MR) is 114 cm³/mol. The fourth-order valence-electron chi connectivity index (χ4n) is 2.98. The summed E-state index contributed by atoms with van der Waals surface area (Å²) in [5.74, 6) is -2.29. The van der Waals surface area contributed by atoms with Gasteiger partial charge in [0, 0.05) is 33.0 Å². The molecule has 4 atom stereocenters. The zero-order valence-electron chi connectivity index (χ0n) is 17.9. The van der Waals surface area contributed by atoms with Crippen molar-refractivity contribution in [3.63, 3.8) is 0 Å². The number of rotatable bonds is 6. The largest absolute Gasteiger partial charge is 0.463 e. The Kier molecular flexibility index (Phi) is 9.11. The summed E-state index contributed by atoms with van der Waals surface area (Å²) >= 11 is 16.5. The lowest BCUT2D eigenvalue weighted by Crippen LogP contribution is -2.47. The Labute approximate surface area is 206 Å². The van der Waals surface area contributed by atoms with Crippen molar-refractivity contribution in [1.29, 1.82) is 0 Å². The molecule has 0 saturated carbocycles. The molecule has 2 heterocycles. The lowest BCUT2D eigenvalue weighted by atomic mass is 10.1. The number of halogens is 3. The molecule has 0 aromatic carbocycles. The Morgan fingerprint density at radius 1 is 0.971 bits per heavy atom. The highest BCUT2D eigenvalue weighted by Gasteiger charge is 2.51. The lowest BCUT2D eigenvalue weighted by molar-refractivity contribution is -0.166. The number of carbonyl (C=O) groups excluding carboxylic acids is 4. The van der Waals surface area contributed by atoms with Gasteiger partial charge in [0.05, 0.1) is 0 Å². The summed E-state index contributed by atoms with van der Waals surface area (Å²) in [6, 6.07) is 0.826. The van der Waals surface area contributed by atoms with E-state index in [0.29, 0.717) is 0 Å². The van der Waals surface area contributed by atoms with Crippen molar-refractivity contribution < 1.29 is 42.9 Å². The maximum absolute atomic E-state index is 13.0. The molecular weight excluding hydrogens is 527 g/mol. The molecule has 1 aromatic rings. The Morgan fingerprint density at radius 3 is 2.09 bits per heavy atom. The highest BCUT2D eigenvalue weighted by molar-refractivity contribution is 6.67. The van der Waals surface area contributed by atoms with Crippen LogP contribution in [0.5, 0.6) is 0 Å². The van der Waals surface area contributed by atoms with Crippen molar-refractivity contribution in [3.05, 3.63) is 33.1 Å². The number of aromatic nitrogens is 2. The summed E-state index contributed by atoms with van der Waals surface area (Å²) in [6.07, 6.45) is -5.91. The lowest BCUT2D eigenvalue weighted by Gasteiger charge is -2.24. The number of nitrogens with zero attached hydrogens (tertiary/aromatic N) is 2. The fourth-order valence-corrected chi connectivity index (χ4v) is 3.14. The van der Waals surface area contributed by atoms with E-state index in [4.69, 9.17) is 53.8 Å². The Hall–Kier alpha value is -2.61. The quantitative estimate of drug-likeness (QED) is 0.281. The molecule has 2 rings (SSSR count). The van der Waals surface area contributed by atoms with Crippen molar-refractivity contribution in [2.45, 2.75) is 49.1 Å². The van der Waals surface area contributed by atoms with Gasteiger partial charge in [-0.25, -0.2) is 9.59 Å². The summed E-state index contributed by atoms with van der Waals surface area (Å²) in [5.41, 5.74) is -2.34. The van der Waals surface area contributed by atoms with Gasteiger partial charge < -0.3 is 23.7 Å². The minimum absolute atomic E-state index is 0.0881. The van der Waals surface area contributed by atoms with Crippen LogP contribution in [0.25, 0.3) is 0 Å². The molecule has 13 nitrogen and oxygen atoms in total. The van der Waals surface area contributed by atoms with Crippen LogP contribution in [0.3, 0.4) is 0 Å². The molecule has 0 spiro atoms. The van der Waals surface area contributed by atoms with Crippen LogP contribution in [-0.4, -0.2) is 68.5 Å². The Bertz CT molecular complexity index is 1080. The summed E-state index contributed by atoms with van der Waals surface area (Å²) in [6.45, 7) is 2.06. The first kappa shape index (κ1) is 27.6. The Morgan fingerprint density at radius 2 is 1.56 bits per heavy atom. The van der Waals surface area contributed by atoms with Gasteiger partial charge in [0.15, 0.2) is 18.4 Å². The van der Waals surface area contributed by atoms with Crippen LogP contribution in [0.1, 0.15) is 27.0 Å². The van der Waals surface area contributed by atoms with Crippen LogP contribution in [0.2, 0.25) is 0 Å². The summed E-state index contributed by atoms with van der Waals surface area (Å²) in [4.78, 5) is 72.1. The first-order valence-corrected chi connectivity index (χ1v) is 10.6. The molecule has 1 aromatic heterocycles. The van der Waals surface area contributed by atoms with Crippen LogP contribution in [0.4, 0.5) is 4.79 Å². The second-order valence-corrected chi connectivity index (χ2v) is 9.38. The molecule has 0 unspecified atom stereocenters. The molecule has 0 bridgehead atoms. The zero-order chi connectivity index (χ0) is 25.8. The predicted octanol–water partition coefficient (Wildman–Crippen LogP) is 0.689. The van der Waals surface area contributed by atoms with Crippen LogP contribution in [0.15, 0.2) is 21.9 Å². The van der Waals surface area contributed by atoms with E-state index in [9.17, 15) is 28.8 Å². The standard InChI is InChI=1S/C18H19Cl3N2O11/c1-8(24)30-6-11-13(32-9(2)25)14(33-10(3)26)15(34-11)22-5-4-12(27)23(16(22)28)17(29)31-7-18(19,20)21/h4-5,11,13-15H,6-7H2,1-3H3/t11-,13-,14-,15-/m1/s1. The summed E-state index contributed by atoms with van der Waals surface area (Å²) < 4.78 is 24.5. The van der Waals surface area contributed by atoms with E-state index in [1.807, 2.05) is 0 Å². The number of hydrogen-bond acceptors (Lipinski definition) is 11. The van der Waals surface area contributed by atoms with Gasteiger partial charge in [0.2, 0.25) is 3.79 Å². The second kappa shape index (κ2) is 11.2. The topological polar surface area (TPSA) is 158 Å². The van der Waals surface area contributed by atoms with Gasteiger partial charge in [0.25, 0.3) is 5.56 Å². The molecule has 0 amide bonds. The molecule has 0 N–H and O–H groups in total. The molecule has 0 radical (unpaired) electrons. The number of esters is 3. The highest BCUT2D eigenvalue weighted by atomic mass is 35.6. The zero-order valence-corrected chi connectivity index (χ0v) is 20.2. The molecule has 1 aliphatic heterocycles. The van der Waals surface area contributed by atoms with Crippen molar-refractivity contribution in [1.82, 2.24) is 9.13 Å². The van der Waals surface area contributed by atoms with Gasteiger partial charge in [-0.05, 0) is 0 Å². The maximum atomic E-state index is 13.0. The molecule has 16 heteroatoms. The molecule has 188 valence electrons. The van der Waals surface area contributed by atoms with E-state index < -0.39 is 76.8 Å². The van der Waals surface area contributed by atoms with E-state index in [2.05, 4.69) is 4.74 Å². The summed E-state index contributed by atoms with van der Waals surface area (Å²) in [7, 11) is 0. The van der Waals surface area contributed by atoms with Gasteiger partial charge in [-0.15, -0.1) is 0 Å². The maximum Gasteiger partial charge on any atom is 0.425 e. The Balaban J connectivity index is 2.51. The molecule has 34 heavy (non-hydrogen) atoms. The van der Waals surface area contributed by atoms with E-state index in [0.717, 1.165) is 37.6 Å². The summed E-state index contributed by atoms with van der Waals surface area (Å²) in [5, 5.41) is 0. The molecular formula is C18H19Cl3N2O11. The van der Waals surface area contributed by atoms with E-state index in [1.54, 1.807) is 0 Å². The molecule has 0 aliphatic carbocycles. The average Bonchev–Trinajstić information content (AvgIpc) is 3.00. The third kappa shape index (κ3) is 7.19. The van der Waals surface area contributed by atoms with Crippen molar-refractivity contribution in [2.75, 3.05) is 13.2 Å². The van der Waals surface area contributed by atoms with Crippen molar-refractivity contribution in [3.8, 4) is 0 Å². The third-order valence-corrected chi connectivity index (χ3v) is 4.49. The van der Waals surface area contributed by atoms with Gasteiger partial charge >= 0.3 is 29.7 Å².